The van der Waals surface area contributed by atoms with E-state index in [0.29, 0.717) is 21.3 Å². The van der Waals surface area contributed by atoms with E-state index in [2.05, 4.69) is 36.1 Å². The van der Waals surface area contributed by atoms with Gasteiger partial charge in [-0.3, -0.25) is 5.10 Å². The van der Waals surface area contributed by atoms with Crippen LogP contribution in [-0.2, 0) is 0 Å². The first-order chi connectivity index (χ1) is 9.11. The maximum atomic E-state index is 13.3. The fourth-order valence-electron chi connectivity index (χ4n) is 1.56. The Morgan fingerprint density at radius 1 is 1.26 bits per heavy atom. The summed E-state index contributed by atoms with van der Waals surface area (Å²) in [6.45, 7) is 0. The minimum absolute atomic E-state index is 0.0159. The summed E-state index contributed by atoms with van der Waals surface area (Å²) in [6, 6.07) is 4.19. The molecule has 2 heterocycles. The van der Waals surface area contributed by atoms with Crippen LogP contribution >= 0.6 is 27.5 Å². The summed E-state index contributed by atoms with van der Waals surface area (Å²) in [4.78, 5) is 7.91. The lowest BCUT2D eigenvalue weighted by Gasteiger charge is -2.06. The van der Waals surface area contributed by atoms with Gasteiger partial charge in [-0.15, -0.1) is 0 Å². The molecule has 0 aliphatic heterocycles. The third kappa shape index (κ3) is 2.52. The number of halogens is 3. The monoisotopic (exact) mass is 342 g/mol. The summed E-state index contributed by atoms with van der Waals surface area (Å²) in [5.74, 6) is 0.0818. The lowest BCUT2D eigenvalue weighted by atomic mass is 10.3. The Labute approximate surface area is 119 Å². The number of hydrogen-bond acceptors (Lipinski definition) is 4. The van der Waals surface area contributed by atoms with Crippen LogP contribution in [0, 0.1) is 5.82 Å². The minimum atomic E-state index is -0.423. The Balaban J connectivity index is 2.07. The van der Waals surface area contributed by atoms with Crippen LogP contribution < -0.4 is 4.74 Å². The number of ether oxygens (including phenoxy) is 1. The number of hydrogen-bond donors (Lipinski definition) is 1. The molecule has 19 heavy (non-hydrogen) atoms. The number of H-pyrrole nitrogens is 1. The van der Waals surface area contributed by atoms with Crippen molar-refractivity contribution in [1.82, 2.24) is 20.2 Å². The standard InChI is InChI=1S/C11H5BrClFN4O/c12-5-1-6(14)3-7(2-5)19-10-8-4-15-18-9(8)16-11(13)17-10/h1-4H,(H,15,16,17,18). The molecule has 8 heteroatoms. The van der Waals surface area contributed by atoms with E-state index in [1.165, 1.54) is 18.3 Å². The summed E-state index contributed by atoms with van der Waals surface area (Å²) in [7, 11) is 0. The van der Waals surface area contributed by atoms with Gasteiger partial charge in [-0.1, -0.05) is 15.9 Å². The molecule has 2 aromatic heterocycles. The average Bonchev–Trinajstić information content (AvgIpc) is 2.75. The highest BCUT2D eigenvalue weighted by atomic mass is 79.9. The zero-order chi connectivity index (χ0) is 13.4. The van der Waals surface area contributed by atoms with Crippen LogP contribution in [0.1, 0.15) is 0 Å². The molecule has 0 atom stereocenters. The predicted octanol–water partition coefficient (Wildman–Crippen LogP) is 3.70. The Bertz CT molecular complexity index is 743. The Morgan fingerprint density at radius 3 is 2.89 bits per heavy atom. The van der Waals surface area contributed by atoms with Crippen molar-refractivity contribution in [1.29, 1.82) is 0 Å². The number of benzene rings is 1. The van der Waals surface area contributed by atoms with E-state index in [0.717, 1.165) is 0 Å². The van der Waals surface area contributed by atoms with Crippen LogP contribution in [0.25, 0.3) is 11.0 Å². The molecule has 1 N–H and O–H groups in total. The molecule has 1 aromatic carbocycles. The van der Waals surface area contributed by atoms with E-state index in [9.17, 15) is 4.39 Å². The van der Waals surface area contributed by atoms with Gasteiger partial charge < -0.3 is 4.74 Å². The van der Waals surface area contributed by atoms with Gasteiger partial charge in [-0.05, 0) is 23.7 Å². The molecule has 96 valence electrons. The fraction of sp³-hybridized carbons (Fsp3) is 0. The summed E-state index contributed by atoms with van der Waals surface area (Å²) in [5, 5.41) is 7.07. The van der Waals surface area contributed by atoms with Crippen molar-refractivity contribution in [3.63, 3.8) is 0 Å². The number of aromatic nitrogens is 4. The Kier molecular flexibility index (Phi) is 3.08. The van der Waals surface area contributed by atoms with E-state index in [1.54, 1.807) is 6.07 Å². The van der Waals surface area contributed by atoms with E-state index >= 15 is 0 Å². The summed E-state index contributed by atoms with van der Waals surface area (Å²) in [6.07, 6.45) is 1.51. The van der Waals surface area contributed by atoms with Crippen LogP contribution in [-0.4, -0.2) is 20.2 Å². The quantitative estimate of drug-likeness (QED) is 0.721. The molecular formula is C11H5BrClFN4O. The van der Waals surface area contributed by atoms with Crippen molar-refractivity contribution in [3.05, 3.63) is 40.0 Å². The number of fused-ring (bicyclic) bond motifs is 1. The molecule has 0 radical (unpaired) electrons. The van der Waals surface area contributed by atoms with Gasteiger partial charge in [0.2, 0.25) is 11.2 Å². The highest BCUT2D eigenvalue weighted by Crippen LogP contribution is 2.29. The van der Waals surface area contributed by atoms with Crippen molar-refractivity contribution in [2.45, 2.75) is 0 Å². The minimum Gasteiger partial charge on any atom is -0.438 e. The van der Waals surface area contributed by atoms with Crippen LogP contribution in [0.4, 0.5) is 4.39 Å². The van der Waals surface area contributed by atoms with Crippen molar-refractivity contribution in [2.75, 3.05) is 0 Å². The average molecular weight is 344 g/mol. The van der Waals surface area contributed by atoms with Crippen molar-refractivity contribution in [2.24, 2.45) is 0 Å². The zero-order valence-corrected chi connectivity index (χ0v) is 11.5. The first-order valence-corrected chi connectivity index (χ1v) is 6.29. The van der Waals surface area contributed by atoms with Crippen LogP contribution in [0.5, 0.6) is 11.6 Å². The van der Waals surface area contributed by atoms with E-state index in [4.69, 9.17) is 16.3 Å². The summed E-state index contributed by atoms with van der Waals surface area (Å²) in [5.41, 5.74) is 0.450. The lowest BCUT2D eigenvalue weighted by Crippen LogP contribution is -1.92. The van der Waals surface area contributed by atoms with Crippen LogP contribution in [0.15, 0.2) is 28.9 Å². The molecule has 0 aliphatic carbocycles. The summed E-state index contributed by atoms with van der Waals surface area (Å²) < 4.78 is 19.4. The molecule has 0 spiro atoms. The van der Waals surface area contributed by atoms with Crippen molar-refractivity contribution < 1.29 is 9.13 Å². The van der Waals surface area contributed by atoms with E-state index < -0.39 is 5.82 Å². The second kappa shape index (κ2) is 4.75. The van der Waals surface area contributed by atoms with Crippen molar-refractivity contribution >= 4 is 38.6 Å². The normalized spacial score (nSPS) is 10.9. The molecular weight excluding hydrogens is 339 g/mol. The van der Waals surface area contributed by atoms with Gasteiger partial charge in [0.1, 0.15) is 17.0 Å². The summed E-state index contributed by atoms with van der Waals surface area (Å²) >= 11 is 8.96. The second-order valence-electron chi connectivity index (χ2n) is 3.64. The van der Waals surface area contributed by atoms with Gasteiger partial charge in [-0.2, -0.15) is 15.1 Å². The SMILES string of the molecule is Fc1cc(Br)cc(Oc2nc(Cl)nc3[nH]ncc23)c1. The van der Waals surface area contributed by atoms with Crippen LogP contribution in [0.2, 0.25) is 5.28 Å². The molecule has 0 amide bonds. The predicted molar refractivity (Wildman–Crippen MR) is 70.9 cm³/mol. The number of aromatic amines is 1. The maximum Gasteiger partial charge on any atom is 0.234 e. The molecule has 0 saturated heterocycles. The van der Waals surface area contributed by atoms with E-state index in [-0.39, 0.29) is 11.2 Å². The molecule has 0 bridgehead atoms. The van der Waals surface area contributed by atoms with E-state index in [1.807, 2.05) is 0 Å². The molecule has 0 aliphatic rings. The maximum absolute atomic E-state index is 13.3. The number of nitrogens with one attached hydrogen (secondary N) is 1. The lowest BCUT2D eigenvalue weighted by molar-refractivity contribution is 0.463. The highest BCUT2D eigenvalue weighted by molar-refractivity contribution is 9.10. The van der Waals surface area contributed by atoms with Crippen LogP contribution in [0.3, 0.4) is 0 Å². The third-order valence-corrected chi connectivity index (χ3v) is 2.92. The van der Waals surface area contributed by atoms with Gasteiger partial charge in [0, 0.05) is 10.5 Å². The largest absolute Gasteiger partial charge is 0.438 e. The molecule has 5 nitrogen and oxygen atoms in total. The van der Waals surface area contributed by atoms with Gasteiger partial charge in [0.25, 0.3) is 0 Å². The Hall–Kier alpha value is -1.73. The van der Waals surface area contributed by atoms with Gasteiger partial charge in [-0.25, -0.2) is 4.39 Å². The highest BCUT2D eigenvalue weighted by Gasteiger charge is 2.11. The molecule has 0 fully saturated rings. The fourth-order valence-corrected chi connectivity index (χ4v) is 2.16. The second-order valence-corrected chi connectivity index (χ2v) is 4.89. The third-order valence-electron chi connectivity index (χ3n) is 2.30. The first-order valence-electron chi connectivity index (χ1n) is 5.12. The van der Waals surface area contributed by atoms with Gasteiger partial charge >= 0.3 is 0 Å². The number of nitrogens with zero attached hydrogens (tertiary/aromatic N) is 3. The van der Waals surface area contributed by atoms with Gasteiger partial charge in [0.05, 0.1) is 6.20 Å². The van der Waals surface area contributed by atoms with Gasteiger partial charge in [0.15, 0.2) is 5.65 Å². The Morgan fingerprint density at radius 2 is 2.11 bits per heavy atom. The first kappa shape index (κ1) is 12.3. The van der Waals surface area contributed by atoms with Crippen molar-refractivity contribution in [3.8, 4) is 11.6 Å². The molecule has 0 unspecified atom stereocenters. The number of rotatable bonds is 2. The smallest absolute Gasteiger partial charge is 0.234 e. The molecule has 0 saturated carbocycles. The molecule has 3 rings (SSSR count). The molecule has 3 aromatic rings. The topological polar surface area (TPSA) is 63.7 Å². The zero-order valence-electron chi connectivity index (χ0n) is 9.19.